The van der Waals surface area contributed by atoms with Crippen LogP contribution in [0.25, 0.3) is 0 Å². The summed E-state index contributed by atoms with van der Waals surface area (Å²) in [4.78, 5) is 0. The number of aliphatic hydroxyl groups is 8. The van der Waals surface area contributed by atoms with Gasteiger partial charge in [-0.3, -0.25) is 0 Å². The molecule has 0 rings (SSSR count). The molecule has 0 heterocycles. The molecular weight excluding hydrogens is 492 g/mol. The van der Waals surface area contributed by atoms with Crippen LogP contribution in [-0.4, -0.2) is 147 Å². The number of hydrogen-bond acceptors (Lipinski definition) is 12. The molecule has 0 aromatic rings. The summed E-state index contributed by atoms with van der Waals surface area (Å²) in [5.74, 6) is 0. The quantitative estimate of drug-likeness (QED) is 0.0666. The summed E-state index contributed by atoms with van der Waals surface area (Å²) >= 11 is 0. The van der Waals surface area contributed by atoms with Gasteiger partial charge in [-0.1, -0.05) is 27.7 Å². The van der Waals surface area contributed by atoms with E-state index in [0.717, 1.165) is 0 Å². The molecule has 0 saturated carbocycles. The Labute approximate surface area is 220 Å². The van der Waals surface area contributed by atoms with Gasteiger partial charge in [0.2, 0.25) is 0 Å². The first-order valence-corrected chi connectivity index (χ1v) is 12.5. The molecule has 0 aromatic carbocycles. The number of ether oxygens (including phenoxy) is 4. The van der Waals surface area contributed by atoms with Crippen molar-refractivity contribution in [2.24, 2.45) is 27.1 Å². The molecule has 37 heavy (non-hydrogen) atoms. The minimum absolute atomic E-state index is 0.00147. The average molecular weight is 545 g/mol. The van der Waals surface area contributed by atoms with Crippen LogP contribution in [0.1, 0.15) is 27.7 Å². The van der Waals surface area contributed by atoms with Crippen molar-refractivity contribution in [3.05, 3.63) is 0 Å². The first kappa shape index (κ1) is 36.5. The first-order chi connectivity index (χ1) is 17.3. The van der Waals surface area contributed by atoms with Gasteiger partial charge in [-0.25, -0.2) is 0 Å². The highest BCUT2D eigenvalue weighted by atomic mass is 16.5. The highest BCUT2D eigenvalue weighted by molar-refractivity contribution is 4.84. The van der Waals surface area contributed by atoms with Crippen molar-refractivity contribution in [3.63, 3.8) is 0 Å². The Morgan fingerprint density at radius 3 is 0.622 bits per heavy atom. The van der Waals surface area contributed by atoms with Crippen LogP contribution in [-0.2, 0) is 18.9 Å². The summed E-state index contributed by atoms with van der Waals surface area (Å²) in [7, 11) is 0. The Bertz CT molecular complexity index is 471. The SMILES string of the molecule is CC(CO)(CO)COCC(COCC(C)(CO)CO)(COCC(C)(CO)CO)COCC(C)(CO)CO. The van der Waals surface area contributed by atoms with Crippen molar-refractivity contribution in [1.29, 1.82) is 0 Å². The molecule has 224 valence electrons. The fourth-order valence-electron chi connectivity index (χ4n) is 2.87. The monoisotopic (exact) mass is 544 g/mol. The van der Waals surface area contributed by atoms with Gasteiger partial charge in [0.15, 0.2) is 0 Å². The normalized spacial score (nSPS) is 13.9. The van der Waals surface area contributed by atoms with Crippen LogP contribution in [0.5, 0.6) is 0 Å². The van der Waals surface area contributed by atoms with Crippen molar-refractivity contribution in [1.82, 2.24) is 0 Å². The zero-order valence-corrected chi connectivity index (χ0v) is 23.0. The smallest absolute Gasteiger partial charge is 0.0637 e. The molecule has 0 amide bonds. The molecule has 0 bridgehead atoms. The molecule has 12 nitrogen and oxygen atoms in total. The third kappa shape index (κ3) is 12.9. The van der Waals surface area contributed by atoms with E-state index in [1.54, 1.807) is 27.7 Å². The van der Waals surface area contributed by atoms with Crippen molar-refractivity contribution >= 4 is 0 Å². The van der Waals surface area contributed by atoms with Crippen molar-refractivity contribution in [2.75, 3.05) is 106 Å². The third-order valence-electron chi connectivity index (χ3n) is 6.49. The summed E-state index contributed by atoms with van der Waals surface area (Å²) in [6, 6.07) is 0. The molecule has 0 unspecified atom stereocenters. The van der Waals surface area contributed by atoms with Gasteiger partial charge >= 0.3 is 0 Å². The standard InChI is InChI=1S/C25H52O12/c1-21(5-26,6-27)13-34-17-25(18-35-14-22(2,7-28)8-29,19-36-15-23(3,9-30)10-31)20-37-16-24(4,11-32)12-33/h26-33H,5-20H2,1-4H3. The van der Waals surface area contributed by atoms with E-state index < -0.39 is 27.1 Å². The molecule has 0 aliphatic carbocycles. The van der Waals surface area contributed by atoms with E-state index >= 15 is 0 Å². The maximum absolute atomic E-state index is 9.61. The van der Waals surface area contributed by atoms with Crippen LogP contribution >= 0.6 is 0 Å². The van der Waals surface area contributed by atoms with Crippen LogP contribution in [0.4, 0.5) is 0 Å². The number of rotatable bonds is 24. The second-order valence-electron chi connectivity index (χ2n) is 12.0. The number of hydrogen-bond donors (Lipinski definition) is 8. The van der Waals surface area contributed by atoms with E-state index in [1.807, 2.05) is 0 Å². The zero-order valence-electron chi connectivity index (χ0n) is 23.0. The molecular formula is C25H52O12. The first-order valence-electron chi connectivity index (χ1n) is 12.5. The molecule has 0 aromatic heterocycles. The van der Waals surface area contributed by atoms with E-state index in [2.05, 4.69) is 0 Å². The van der Waals surface area contributed by atoms with Crippen LogP contribution in [0.15, 0.2) is 0 Å². The summed E-state index contributed by atoms with van der Waals surface area (Å²) in [5.41, 5.74) is -4.53. The van der Waals surface area contributed by atoms with Crippen molar-refractivity contribution in [2.45, 2.75) is 27.7 Å². The Morgan fingerprint density at radius 2 is 0.486 bits per heavy atom. The molecule has 0 spiro atoms. The maximum atomic E-state index is 9.61. The molecule has 0 aliphatic heterocycles. The summed E-state index contributed by atoms with van der Waals surface area (Å²) < 4.78 is 23.6. The lowest BCUT2D eigenvalue weighted by atomic mass is 9.89. The van der Waals surface area contributed by atoms with Crippen molar-refractivity contribution in [3.8, 4) is 0 Å². The largest absolute Gasteiger partial charge is 0.396 e. The second-order valence-corrected chi connectivity index (χ2v) is 12.0. The highest BCUT2D eigenvalue weighted by Crippen LogP contribution is 2.27. The lowest BCUT2D eigenvalue weighted by Gasteiger charge is -2.37. The van der Waals surface area contributed by atoms with E-state index in [-0.39, 0.29) is 106 Å². The van der Waals surface area contributed by atoms with Gasteiger partial charge in [0.1, 0.15) is 0 Å². The van der Waals surface area contributed by atoms with E-state index in [0.29, 0.717) is 0 Å². The lowest BCUT2D eigenvalue weighted by Crippen LogP contribution is -2.46. The van der Waals surface area contributed by atoms with Crippen molar-refractivity contribution < 1.29 is 59.8 Å². The van der Waals surface area contributed by atoms with Crippen LogP contribution in [0.2, 0.25) is 0 Å². The van der Waals surface area contributed by atoms with Crippen LogP contribution in [0, 0.1) is 27.1 Å². The Hall–Kier alpha value is -0.480. The second kappa shape index (κ2) is 17.3. The van der Waals surface area contributed by atoms with Crippen LogP contribution in [0.3, 0.4) is 0 Å². The molecule has 0 radical (unpaired) electrons. The van der Waals surface area contributed by atoms with Gasteiger partial charge in [0.25, 0.3) is 0 Å². The van der Waals surface area contributed by atoms with Gasteiger partial charge in [-0.15, -0.1) is 0 Å². The Morgan fingerprint density at radius 1 is 0.324 bits per heavy atom. The molecule has 8 N–H and O–H groups in total. The van der Waals surface area contributed by atoms with Gasteiger partial charge in [-0.2, -0.15) is 0 Å². The summed E-state index contributed by atoms with van der Waals surface area (Å²) in [6.45, 7) is 4.29. The molecule has 0 fully saturated rings. The fraction of sp³-hybridized carbons (Fsp3) is 1.00. The maximum Gasteiger partial charge on any atom is 0.0637 e. The molecule has 0 atom stereocenters. The van der Waals surface area contributed by atoms with E-state index in [4.69, 9.17) is 18.9 Å². The third-order valence-corrected chi connectivity index (χ3v) is 6.49. The van der Waals surface area contributed by atoms with Gasteiger partial charge in [-0.05, 0) is 0 Å². The van der Waals surface area contributed by atoms with E-state index in [9.17, 15) is 40.9 Å². The summed E-state index contributed by atoms with van der Waals surface area (Å²) in [6.07, 6.45) is 0. The highest BCUT2D eigenvalue weighted by Gasteiger charge is 2.37. The average Bonchev–Trinajstić information content (AvgIpc) is 2.92. The summed E-state index contributed by atoms with van der Waals surface area (Å²) in [5, 5.41) is 76.9. The van der Waals surface area contributed by atoms with E-state index in [1.165, 1.54) is 0 Å². The minimum Gasteiger partial charge on any atom is -0.396 e. The number of aliphatic hydroxyl groups excluding tert-OH is 8. The Kier molecular flexibility index (Phi) is 17.0. The van der Waals surface area contributed by atoms with Crippen LogP contribution < -0.4 is 0 Å². The topological polar surface area (TPSA) is 199 Å². The zero-order chi connectivity index (χ0) is 28.6. The predicted octanol–water partition coefficient (Wildman–Crippen LogP) is -2.00. The van der Waals surface area contributed by atoms with Gasteiger partial charge < -0.3 is 59.8 Å². The van der Waals surface area contributed by atoms with Gasteiger partial charge in [0.05, 0.1) is 111 Å². The predicted molar refractivity (Wildman–Crippen MR) is 135 cm³/mol. The molecule has 0 saturated heterocycles. The molecule has 0 aliphatic rings. The fourth-order valence-corrected chi connectivity index (χ4v) is 2.87. The Balaban J connectivity index is 5.82. The molecule has 12 heteroatoms. The lowest BCUT2D eigenvalue weighted by molar-refractivity contribution is -0.148. The van der Waals surface area contributed by atoms with Gasteiger partial charge in [0, 0.05) is 21.7 Å². The minimum atomic E-state index is -0.977.